The second-order valence-electron chi connectivity index (χ2n) is 5.63. The summed E-state index contributed by atoms with van der Waals surface area (Å²) in [5.41, 5.74) is 1.41. The van der Waals surface area contributed by atoms with Gasteiger partial charge in [-0.25, -0.2) is 0 Å². The monoisotopic (exact) mass is 333 g/mol. The van der Waals surface area contributed by atoms with E-state index in [0.717, 1.165) is 43.4 Å². The predicted molar refractivity (Wildman–Crippen MR) is 88.2 cm³/mol. The maximum absolute atomic E-state index is 12.6. The minimum absolute atomic E-state index is 0.00370. The molecule has 2 fully saturated rings. The van der Waals surface area contributed by atoms with Crippen LogP contribution < -0.4 is 5.32 Å². The molecule has 6 nitrogen and oxygen atoms in total. The number of benzene rings is 1. The number of nitrogens with one attached hydrogen (secondary N) is 1. The van der Waals surface area contributed by atoms with Crippen molar-refractivity contribution in [3.05, 3.63) is 35.4 Å². The Morgan fingerprint density at radius 1 is 1.22 bits per heavy atom. The van der Waals surface area contributed by atoms with Crippen LogP contribution in [0.3, 0.4) is 0 Å². The SMILES string of the molecule is O=C(c1cccc(CN2C(=O)CSC2=O)c1)N1CCCNCC1. The molecule has 2 heterocycles. The average Bonchev–Trinajstić information content (AvgIpc) is 2.78. The molecule has 0 aromatic heterocycles. The summed E-state index contributed by atoms with van der Waals surface area (Å²) < 4.78 is 0. The molecule has 1 aromatic rings. The molecule has 1 aromatic carbocycles. The smallest absolute Gasteiger partial charge is 0.289 e. The molecule has 0 bridgehead atoms. The fourth-order valence-electron chi connectivity index (χ4n) is 2.75. The number of carbonyl (C=O) groups is 3. The van der Waals surface area contributed by atoms with Gasteiger partial charge in [-0.05, 0) is 30.7 Å². The Bertz CT molecular complexity index is 611. The van der Waals surface area contributed by atoms with E-state index in [1.807, 2.05) is 11.0 Å². The third kappa shape index (κ3) is 3.73. The van der Waals surface area contributed by atoms with Gasteiger partial charge in [0.05, 0.1) is 12.3 Å². The molecule has 3 amide bonds. The van der Waals surface area contributed by atoms with Gasteiger partial charge in [0.2, 0.25) is 5.91 Å². The highest BCUT2D eigenvalue weighted by atomic mass is 32.2. The molecule has 0 radical (unpaired) electrons. The molecule has 7 heteroatoms. The Morgan fingerprint density at radius 3 is 2.87 bits per heavy atom. The number of imide groups is 1. The zero-order chi connectivity index (χ0) is 16.2. The first-order valence-corrected chi connectivity index (χ1v) is 8.70. The van der Waals surface area contributed by atoms with Crippen LogP contribution in [0.5, 0.6) is 0 Å². The van der Waals surface area contributed by atoms with E-state index in [4.69, 9.17) is 0 Å². The molecule has 122 valence electrons. The Morgan fingerprint density at radius 2 is 2.09 bits per heavy atom. The summed E-state index contributed by atoms with van der Waals surface area (Å²) in [5, 5.41) is 3.06. The standard InChI is InChI=1S/C16H19N3O3S/c20-14-11-23-16(22)19(14)10-12-3-1-4-13(9-12)15(21)18-7-2-5-17-6-8-18/h1,3-4,9,17H,2,5-8,10-11H2. The third-order valence-corrected chi connectivity index (χ3v) is 4.84. The molecule has 0 saturated carbocycles. The van der Waals surface area contributed by atoms with Crippen molar-refractivity contribution in [2.45, 2.75) is 13.0 Å². The van der Waals surface area contributed by atoms with E-state index in [2.05, 4.69) is 5.32 Å². The Labute approximate surface area is 139 Å². The van der Waals surface area contributed by atoms with Gasteiger partial charge in [-0.15, -0.1) is 0 Å². The molecule has 23 heavy (non-hydrogen) atoms. The maximum Gasteiger partial charge on any atom is 0.289 e. The van der Waals surface area contributed by atoms with Gasteiger partial charge in [0.25, 0.3) is 11.1 Å². The molecule has 0 unspecified atom stereocenters. The molecule has 2 aliphatic heterocycles. The molecule has 0 spiro atoms. The molecule has 2 saturated heterocycles. The lowest BCUT2D eigenvalue weighted by atomic mass is 10.1. The fraction of sp³-hybridized carbons (Fsp3) is 0.438. The van der Waals surface area contributed by atoms with Crippen LogP contribution in [0.15, 0.2) is 24.3 Å². The van der Waals surface area contributed by atoms with Crippen molar-refractivity contribution in [2.24, 2.45) is 0 Å². The van der Waals surface area contributed by atoms with Gasteiger partial charge in [-0.2, -0.15) is 0 Å². The van der Waals surface area contributed by atoms with Gasteiger partial charge < -0.3 is 10.2 Å². The zero-order valence-corrected chi connectivity index (χ0v) is 13.6. The second kappa shape index (κ2) is 7.14. The summed E-state index contributed by atoms with van der Waals surface area (Å²) in [7, 11) is 0. The van der Waals surface area contributed by atoms with E-state index in [1.54, 1.807) is 18.2 Å². The second-order valence-corrected chi connectivity index (χ2v) is 6.56. The molecular weight excluding hydrogens is 314 g/mol. The Hall–Kier alpha value is -1.86. The van der Waals surface area contributed by atoms with E-state index in [-0.39, 0.29) is 29.4 Å². The van der Waals surface area contributed by atoms with Gasteiger partial charge in [0.15, 0.2) is 0 Å². The lowest BCUT2D eigenvalue weighted by Crippen LogP contribution is -2.34. The highest BCUT2D eigenvalue weighted by Crippen LogP contribution is 2.21. The lowest BCUT2D eigenvalue weighted by Gasteiger charge is -2.20. The van der Waals surface area contributed by atoms with Crippen LogP contribution in [-0.4, -0.2) is 58.8 Å². The first-order chi connectivity index (χ1) is 11.1. The van der Waals surface area contributed by atoms with Gasteiger partial charge in [-0.1, -0.05) is 23.9 Å². The number of carbonyl (C=O) groups excluding carboxylic acids is 3. The van der Waals surface area contributed by atoms with Crippen LogP contribution in [0.25, 0.3) is 0 Å². The van der Waals surface area contributed by atoms with Gasteiger partial charge >= 0.3 is 0 Å². The van der Waals surface area contributed by atoms with Crippen molar-refractivity contribution >= 4 is 28.8 Å². The number of nitrogens with zero attached hydrogens (tertiary/aromatic N) is 2. The van der Waals surface area contributed by atoms with Crippen LogP contribution in [-0.2, 0) is 11.3 Å². The number of hydrogen-bond donors (Lipinski definition) is 1. The normalized spacial score (nSPS) is 19.1. The zero-order valence-electron chi connectivity index (χ0n) is 12.8. The Kier molecular flexibility index (Phi) is 4.97. The molecule has 3 rings (SSSR count). The predicted octanol–water partition coefficient (Wildman–Crippen LogP) is 1.32. The summed E-state index contributed by atoms with van der Waals surface area (Å²) in [4.78, 5) is 39.1. The van der Waals surface area contributed by atoms with Gasteiger partial charge in [-0.3, -0.25) is 19.3 Å². The quantitative estimate of drug-likeness (QED) is 0.903. The molecule has 0 atom stereocenters. The first kappa shape index (κ1) is 16.0. The molecule has 0 aliphatic carbocycles. The van der Waals surface area contributed by atoms with Crippen LogP contribution in [0.1, 0.15) is 22.3 Å². The molecular formula is C16H19N3O3S. The van der Waals surface area contributed by atoms with Gasteiger partial charge in [0.1, 0.15) is 0 Å². The van der Waals surface area contributed by atoms with E-state index >= 15 is 0 Å². The van der Waals surface area contributed by atoms with Crippen molar-refractivity contribution in [2.75, 3.05) is 31.9 Å². The lowest BCUT2D eigenvalue weighted by molar-refractivity contribution is -0.125. The third-order valence-electron chi connectivity index (χ3n) is 3.98. The van der Waals surface area contributed by atoms with Crippen molar-refractivity contribution in [1.29, 1.82) is 0 Å². The number of amides is 3. The van der Waals surface area contributed by atoms with E-state index in [1.165, 1.54) is 4.90 Å². The van der Waals surface area contributed by atoms with Crippen LogP contribution in [0, 0.1) is 0 Å². The molecule has 2 aliphatic rings. The summed E-state index contributed by atoms with van der Waals surface area (Å²) in [6.45, 7) is 3.41. The highest BCUT2D eigenvalue weighted by Gasteiger charge is 2.29. The minimum Gasteiger partial charge on any atom is -0.337 e. The maximum atomic E-state index is 12.6. The van der Waals surface area contributed by atoms with E-state index in [0.29, 0.717) is 12.1 Å². The highest BCUT2D eigenvalue weighted by molar-refractivity contribution is 8.14. The minimum atomic E-state index is -0.217. The summed E-state index contributed by atoms with van der Waals surface area (Å²) in [6.07, 6.45) is 0.944. The van der Waals surface area contributed by atoms with Crippen molar-refractivity contribution in [3.63, 3.8) is 0 Å². The van der Waals surface area contributed by atoms with Gasteiger partial charge in [0, 0.05) is 25.2 Å². The van der Waals surface area contributed by atoms with Crippen molar-refractivity contribution in [3.8, 4) is 0 Å². The molecule has 1 N–H and O–H groups in total. The van der Waals surface area contributed by atoms with Crippen molar-refractivity contribution < 1.29 is 14.4 Å². The summed E-state index contributed by atoms with van der Waals surface area (Å²) in [6, 6.07) is 7.21. The fourth-order valence-corrected chi connectivity index (χ4v) is 3.48. The Balaban J connectivity index is 1.72. The number of thioether (sulfide) groups is 1. The largest absolute Gasteiger partial charge is 0.337 e. The van der Waals surface area contributed by atoms with E-state index < -0.39 is 0 Å². The summed E-state index contributed by atoms with van der Waals surface area (Å²) in [5.74, 6) is 0.0393. The van der Waals surface area contributed by atoms with Crippen LogP contribution in [0.4, 0.5) is 4.79 Å². The topological polar surface area (TPSA) is 69.7 Å². The first-order valence-electron chi connectivity index (χ1n) is 7.71. The summed E-state index contributed by atoms with van der Waals surface area (Å²) >= 11 is 1.02. The van der Waals surface area contributed by atoms with E-state index in [9.17, 15) is 14.4 Å². The van der Waals surface area contributed by atoms with Crippen molar-refractivity contribution in [1.82, 2.24) is 15.1 Å². The average molecular weight is 333 g/mol. The number of hydrogen-bond acceptors (Lipinski definition) is 5. The number of rotatable bonds is 3. The van der Waals surface area contributed by atoms with Crippen LogP contribution >= 0.6 is 11.8 Å². The van der Waals surface area contributed by atoms with Crippen LogP contribution in [0.2, 0.25) is 0 Å².